The van der Waals surface area contributed by atoms with Crippen LogP contribution in [-0.2, 0) is 6.42 Å². The molecule has 0 aliphatic carbocycles. The van der Waals surface area contributed by atoms with Crippen molar-refractivity contribution in [1.82, 2.24) is 10.6 Å². The molecule has 4 heteroatoms. The lowest BCUT2D eigenvalue weighted by Gasteiger charge is -2.11. The fourth-order valence-corrected chi connectivity index (χ4v) is 1.83. The summed E-state index contributed by atoms with van der Waals surface area (Å²) in [5.41, 5.74) is 1.38. The van der Waals surface area contributed by atoms with E-state index in [4.69, 9.17) is 12.2 Å². The molecule has 0 aliphatic heterocycles. The number of aryl methyl sites for hydroxylation is 1. The van der Waals surface area contributed by atoms with Crippen molar-refractivity contribution in [2.24, 2.45) is 0 Å². The van der Waals surface area contributed by atoms with E-state index in [1.807, 2.05) is 6.07 Å². The van der Waals surface area contributed by atoms with Gasteiger partial charge in [0.1, 0.15) is 0 Å². The second-order valence-electron chi connectivity index (χ2n) is 4.73. The van der Waals surface area contributed by atoms with Gasteiger partial charge in [-0.25, -0.2) is 0 Å². The molecule has 1 aromatic carbocycles. The Morgan fingerprint density at radius 2 is 1.78 bits per heavy atom. The van der Waals surface area contributed by atoms with Crippen molar-refractivity contribution in [1.29, 1.82) is 0 Å². The minimum Gasteiger partial charge on any atom is -0.363 e. The van der Waals surface area contributed by atoms with Crippen LogP contribution in [-0.4, -0.2) is 38.8 Å². The number of likely N-dealkylation sites (N-methyl/N-ethyl adjacent to an activating group) is 1. The number of nitrogens with one attached hydrogen (secondary N) is 3. The third-order valence-electron chi connectivity index (χ3n) is 2.68. The Bertz CT molecular complexity index is 338. The smallest absolute Gasteiger partial charge is 0.166 e. The van der Waals surface area contributed by atoms with Crippen LogP contribution >= 0.6 is 12.2 Å². The summed E-state index contributed by atoms with van der Waals surface area (Å²) in [6, 6.07) is 10.5. The largest absolute Gasteiger partial charge is 0.363 e. The molecular formula is C14H24N3S+. The lowest BCUT2D eigenvalue weighted by molar-refractivity contribution is -0.856. The van der Waals surface area contributed by atoms with Gasteiger partial charge in [0.2, 0.25) is 0 Å². The molecule has 1 rings (SSSR count). The van der Waals surface area contributed by atoms with E-state index in [1.165, 1.54) is 10.5 Å². The number of hydrogen-bond acceptors (Lipinski definition) is 1. The Hall–Kier alpha value is -1.13. The van der Waals surface area contributed by atoms with Crippen LogP contribution < -0.4 is 15.5 Å². The van der Waals surface area contributed by atoms with Gasteiger partial charge in [-0.1, -0.05) is 30.3 Å². The number of benzene rings is 1. The van der Waals surface area contributed by atoms with Gasteiger partial charge in [-0.2, -0.15) is 0 Å². The van der Waals surface area contributed by atoms with E-state index < -0.39 is 0 Å². The summed E-state index contributed by atoms with van der Waals surface area (Å²) >= 11 is 5.20. The second-order valence-corrected chi connectivity index (χ2v) is 5.14. The van der Waals surface area contributed by atoms with Crippen LogP contribution in [0.15, 0.2) is 30.3 Å². The molecule has 0 atom stereocenters. The first-order valence-corrected chi connectivity index (χ1v) is 6.94. The molecule has 0 amide bonds. The quantitative estimate of drug-likeness (QED) is 0.487. The van der Waals surface area contributed by atoms with Crippen LogP contribution in [0.1, 0.15) is 12.0 Å². The highest BCUT2D eigenvalue weighted by molar-refractivity contribution is 7.80. The van der Waals surface area contributed by atoms with Crippen LogP contribution in [0.4, 0.5) is 0 Å². The summed E-state index contributed by atoms with van der Waals surface area (Å²) in [6.07, 6.45) is 2.20. The fraction of sp³-hybridized carbons (Fsp3) is 0.500. The summed E-state index contributed by atoms with van der Waals surface area (Å²) in [5.74, 6) is 0. The molecule has 0 unspecified atom stereocenters. The summed E-state index contributed by atoms with van der Waals surface area (Å²) in [4.78, 5) is 1.43. The summed E-state index contributed by atoms with van der Waals surface area (Å²) in [5, 5.41) is 7.22. The van der Waals surface area contributed by atoms with E-state index in [-0.39, 0.29) is 0 Å². The van der Waals surface area contributed by atoms with E-state index in [2.05, 4.69) is 49.0 Å². The van der Waals surface area contributed by atoms with Gasteiger partial charge in [0.15, 0.2) is 5.11 Å². The van der Waals surface area contributed by atoms with Crippen molar-refractivity contribution in [3.8, 4) is 0 Å². The van der Waals surface area contributed by atoms with Crippen molar-refractivity contribution < 1.29 is 4.90 Å². The average Bonchev–Trinajstić information content (AvgIpc) is 2.35. The van der Waals surface area contributed by atoms with E-state index >= 15 is 0 Å². The number of thiocarbonyl (C=S) groups is 1. The third-order valence-corrected chi connectivity index (χ3v) is 2.97. The standard InChI is InChI=1S/C14H23N3S/c1-17(2)12-11-16-14(18)15-10-6-9-13-7-4-3-5-8-13/h3-5,7-8H,6,9-12H2,1-2H3,(H2,15,16,18)/p+1. The van der Waals surface area contributed by atoms with Crippen LogP contribution in [0, 0.1) is 0 Å². The molecule has 0 saturated carbocycles. The van der Waals surface area contributed by atoms with Gasteiger partial charge in [0.25, 0.3) is 0 Å². The molecule has 3 nitrogen and oxygen atoms in total. The third kappa shape index (κ3) is 7.25. The van der Waals surface area contributed by atoms with Crippen molar-refractivity contribution in [2.75, 3.05) is 33.7 Å². The van der Waals surface area contributed by atoms with Crippen molar-refractivity contribution >= 4 is 17.3 Å². The molecule has 0 saturated heterocycles. The molecule has 0 heterocycles. The monoisotopic (exact) mass is 266 g/mol. The molecular weight excluding hydrogens is 242 g/mol. The van der Waals surface area contributed by atoms with E-state index in [1.54, 1.807) is 0 Å². The van der Waals surface area contributed by atoms with Crippen molar-refractivity contribution in [3.05, 3.63) is 35.9 Å². The molecule has 0 spiro atoms. The lowest BCUT2D eigenvalue weighted by atomic mass is 10.1. The first kappa shape index (κ1) is 14.9. The van der Waals surface area contributed by atoms with Crippen LogP contribution in [0.5, 0.6) is 0 Å². The predicted octanol–water partition coefficient (Wildman–Crippen LogP) is 0.228. The maximum Gasteiger partial charge on any atom is 0.166 e. The Kier molecular flexibility index (Phi) is 7.37. The van der Waals surface area contributed by atoms with Crippen molar-refractivity contribution in [2.45, 2.75) is 12.8 Å². The topological polar surface area (TPSA) is 28.5 Å². The van der Waals surface area contributed by atoms with Crippen LogP contribution in [0.25, 0.3) is 0 Å². The molecule has 18 heavy (non-hydrogen) atoms. The molecule has 100 valence electrons. The SMILES string of the molecule is C[NH+](C)CCNC(=S)NCCCc1ccccc1. The first-order chi connectivity index (χ1) is 8.68. The summed E-state index contributed by atoms with van der Waals surface area (Å²) < 4.78 is 0. The molecule has 0 fully saturated rings. The predicted molar refractivity (Wildman–Crippen MR) is 81.0 cm³/mol. The first-order valence-electron chi connectivity index (χ1n) is 6.53. The van der Waals surface area contributed by atoms with Crippen LogP contribution in [0.3, 0.4) is 0 Å². The molecule has 3 N–H and O–H groups in total. The highest BCUT2D eigenvalue weighted by atomic mass is 32.1. The number of hydrogen-bond donors (Lipinski definition) is 3. The second kappa shape index (κ2) is 8.89. The Labute approximate surface area is 116 Å². The van der Waals surface area contributed by atoms with Gasteiger partial charge in [-0.05, 0) is 30.6 Å². The maximum absolute atomic E-state index is 5.20. The van der Waals surface area contributed by atoms with Gasteiger partial charge in [0, 0.05) is 6.54 Å². The van der Waals surface area contributed by atoms with Crippen molar-refractivity contribution in [3.63, 3.8) is 0 Å². The molecule has 1 aromatic rings. The average molecular weight is 266 g/mol. The Morgan fingerprint density at radius 3 is 2.44 bits per heavy atom. The minimum atomic E-state index is 0.768. The Morgan fingerprint density at radius 1 is 1.11 bits per heavy atom. The van der Waals surface area contributed by atoms with Gasteiger partial charge in [-0.15, -0.1) is 0 Å². The molecule has 0 aromatic heterocycles. The maximum atomic E-state index is 5.20. The molecule has 0 radical (unpaired) electrons. The minimum absolute atomic E-state index is 0.768. The highest BCUT2D eigenvalue weighted by Gasteiger charge is 1.97. The molecule has 0 aliphatic rings. The van der Waals surface area contributed by atoms with Crippen LogP contribution in [0.2, 0.25) is 0 Å². The van der Waals surface area contributed by atoms with E-state index in [0.29, 0.717) is 0 Å². The van der Waals surface area contributed by atoms with Gasteiger partial charge in [0.05, 0.1) is 27.2 Å². The highest BCUT2D eigenvalue weighted by Crippen LogP contribution is 2.01. The zero-order valence-corrected chi connectivity index (χ0v) is 12.1. The number of quaternary nitrogens is 1. The zero-order valence-electron chi connectivity index (χ0n) is 11.3. The van der Waals surface area contributed by atoms with E-state index in [9.17, 15) is 0 Å². The fourth-order valence-electron chi connectivity index (χ4n) is 1.63. The zero-order chi connectivity index (χ0) is 13.2. The van der Waals surface area contributed by atoms with Gasteiger partial charge >= 0.3 is 0 Å². The molecule has 0 bridgehead atoms. The van der Waals surface area contributed by atoms with Gasteiger partial charge < -0.3 is 15.5 Å². The lowest BCUT2D eigenvalue weighted by Crippen LogP contribution is -3.06. The van der Waals surface area contributed by atoms with Gasteiger partial charge in [-0.3, -0.25) is 0 Å². The summed E-state index contributed by atoms with van der Waals surface area (Å²) in [6.45, 7) is 2.92. The Balaban J connectivity index is 2.02. The van der Waals surface area contributed by atoms with E-state index in [0.717, 1.165) is 37.6 Å². The number of rotatable bonds is 7. The summed E-state index contributed by atoms with van der Waals surface area (Å²) in [7, 11) is 4.27. The normalized spacial score (nSPS) is 10.4.